The van der Waals surface area contributed by atoms with Crippen LogP contribution in [0.1, 0.15) is 52.3 Å². The molecule has 2 rings (SSSR count). The molecule has 0 atom stereocenters. The number of rotatable bonds is 6. The van der Waals surface area contributed by atoms with Gasteiger partial charge in [-0.3, -0.25) is 0 Å². The van der Waals surface area contributed by atoms with Gasteiger partial charge in [-0.1, -0.05) is 20.8 Å². The highest BCUT2D eigenvalue weighted by Gasteiger charge is 2.35. The van der Waals surface area contributed by atoms with E-state index in [0.717, 1.165) is 43.5 Å². The molecule has 0 spiro atoms. The lowest BCUT2D eigenvalue weighted by atomic mass is 9.82. The van der Waals surface area contributed by atoms with Gasteiger partial charge in [0, 0.05) is 25.7 Å². The van der Waals surface area contributed by atoms with E-state index in [9.17, 15) is 0 Å². The van der Waals surface area contributed by atoms with Crippen LogP contribution in [-0.4, -0.2) is 29.6 Å². The lowest BCUT2D eigenvalue weighted by Crippen LogP contribution is -2.27. The van der Waals surface area contributed by atoms with Gasteiger partial charge in [-0.15, -0.1) is 0 Å². The molecule has 1 aliphatic heterocycles. The average molecular weight is 276 g/mol. The molecule has 0 unspecified atom stereocenters. The predicted molar refractivity (Wildman–Crippen MR) is 85.4 cm³/mol. The number of nitrogens with zero attached hydrogens (tertiary/aromatic N) is 3. The third kappa shape index (κ3) is 3.22. The Balaban J connectivity index is 2.15. The van der Waals surface area contributed by atoms with Crippen molar-refractivity contribution < 1.29 is 0 Å². The fourth-order valence-electron chi connectivity index (χ4n) is 3.02. The van der Waals surface area contributed by atoms with Gasteiger partial charge in [0.25, 0.3) is 0 Å². The Bertz CT molecular complexity index is 440. The minimum atomic E-state index is 0.482. The fraction of sp³-hybridized carbons (Fsp3) is 0.750. The summed E-state index contributed by atoms with van der Waals surface area (Å²) < 4.78 is 0. The van der Waals surface area contributed by atoms with E-state index < -0.39 is 0 Å². The molecule has 0 saturated carbocycles. The zero-order valence-electron chi connectivity index (χ0n) is 13.4. The molecule has 1 fully saturated rings. The van der Waals surface area contributed by atoms with E-state index in [4.69, 9.17) is 0 Å². The highest BCUT2D eigenvalue weighted by Crippen LogP contribution is 2.38. The number of anilines is 2. The summed E-state index contributed by atoms with van der Waals surface area (Å²) in [4.78, 5) is 11.5. The van der Waals surface area contributed by atoms with Gasteiger partial charge in [0.15, 0.2) is 0 Å². The van der Waals surface area contributed by atoms with E-state index in [1.54, 1.807) is 0 Å². The van der Waals surface area contributed by atoms with Gasteiger partial charge < -0.3 is 10.2 Å². The van der Waals surface area contributed by atoms with E-state index in [2.05, 4.69) is 47.0 Å². The SMILES string of the molecule is CCCNc1cc(N2CCC(CC)(CC)C2)nc(C)n1. The lowest BCUT2D eigenvalue weighted by molar-refractivity contribution is 0.301. The Morgan fingerprint density at radius 1 is 1.25 bits per heavy atom. The van der Waals surface area contributed by atoms with Gasteiger partial charge in [-0.2, -0.15) is 0 Å². The monoisotopic (exact) mass is 276 g/mol. The molecular formula is C16H28N4. The Hall–Kier alpha value is -1.32. The minimum Gasteiger partial charge on any atom is -0.370 e. The molecule has 1 aromatic heterocycles. The second-order valence-corrected chi connectivity index (χ2v) is 5.96. The summed E-state index contributed by atoms with van der Waals surface area (Å²) in [5, 5.41) is 3.37. The molecule has 0 aromatic carbocycles. The first kappa shape index (κ1) is 15.1. The molecule has 1 aliphatic rings. The Morgan fingerprint density at radius 2 is 2.00 bits per heavy atom. The maximum absolute atomic E-state index is 4.63. The molecular weight excluding hydrogens is 248 g/mol. The molecule has 1 saturated heterocycles. The van der Waals surface area contributed by atoms with Crippen molar-refractivity contribution in [2.45, 2.75) is 53.4 Å². The fourth-order valence-corrected chi connectivity index (χ4v) is 3.02. The van der Waals surface area contributed by atoms with E-state index >= 15 is 0 Å². The van der Waals surface area contributed by atoms with Gasteiger partial charge >= 0.3 is 0 Å². The quantitative estimate of drug-likeness (QED) is 0.861. The highest BCUT2D eigenvalue weighted by atomic mass is 15.2. The van der Waals surface area contributed by atoms with E-state index in [1.807, 2.05) is 6.92 Å². The summed E-state index contributed by atoms with van der Waals surface area (Å²) in [5.41, 5.74) is 0.482. The topological polar surface area (TPSA) is 41.0 Å². The Morgan fingerprint density at radius 3 is 2.60 bits per heavy atom. The zero-order chi connectivity index (χ0) is 14.6. The van der Waals surface area contributed by atoms with Gasteiger partial charge in [0.05, 0.1) is 0 Å². The maximum Gasteiger partial charge on any atom is 0.134 e. The lowest BCUT2D eigenvalue weighted by Gasteiger charge is -2.27. The molecule has 1 N–H and O–H groups in total. The van der Waals surface area contributed by atoms with Crippen molar-refractivity contribution in [2.24, 2.45) is 5.41 Å². The molecule has 112 valence electrons. The van der Waals surface area contributed by atoms with Crippen LogP contribution in [0.4, 0.5) is 11.6 Å². The predicted octanol–water partition coefficient (Wildman–Crippen LogP) is 3.62. The van der Waals surface area contributed by atoms with Crippen molar-refractivity contribution in [1.82, 2.24) is 9.97 Å². The van der Waals surface area contributed by atoms with E-state index in [1.165, 1.54) is 19.3 Å². The minimum absolute atomic E-state index is 0.482. The third-order valence-corrected chi connectivity index (χ3v) is 4.64. The van der Waals surface area contributed by atoms with Crippen LogP contribution in [0.15, 0.2) is 6.07 Å². The van der Waals surface area contributed by atoms with Crippen LogP contribution < -0.4 is 10.2 Å². The number of nitrogens with one attached hydrogen (secondary N) is 1. The number of aromatic nitrogens is 2. The van der Waals surface area contributed by atoms with Gasteiger partial charge in [-0.25, -0.2) is 9.97 Å². The second kappa shape index (κ2) is 6.42. The normalized spacial score (nSPS) is 17.5. The van der Waals surface area contributed by atoms with Gasteiger partial charge in [0.1, 0.15) is 17.5 Å². The zero-order valence-corrected chi connectivity index (χ0v) is 13.4. The van der Waals surface area contributed by atoms with Crippen LogP contribution in [0.2, 0.25) is 0 Å². The van der Waals surface area contributed by atoms with Crippen molar-refractivity contribution in [3.8, 4) is 0 Å². The van der Waals surface area contributed by atoms with Crippen molar-refractivity contribution in [3.05, 3.63) is 11.9 Å². The molecule has 0 radical (unpaired) electrons. The summed E-state index contributed by atoms with van der Waals surface area (Å²) in [6.45, 7) is 12.0. The van der Waals surface area contributed by atoms with Crippen LogP contribution in [0.25, 0.3) is 0 Å². The van der Waals surface area contributed by atoms with Crippen molar-refractivity contribution in [2.75, 3.05) is 29.9 Å². The van der Waals surface area contributed by atoms with Gasteiger partial charge in [0.2, 0.25) is 0 Å². The summed E-state index contributed by atoms with van der Waals surface area (Å²) in [6, 6.07) is 2.10. The first-order valence-electron chi connectivity index (χ1n) is 7.97. The van der Waals surface area contributed by atoms with Crippen LogP contribution in [0.3, 0.4) is 0 Å². The third-order valence-electron chi connectivity index (χ3n) is 4.64. The molecule has 4 heteroatoms. The van der Waals surface area contributed by atoms with Crippen LogP contribution >= 0.6 is 0 Å². The van der Waals surface area contributed by atoms with E-state index in [-0.39, 0.29) is 0 Å². The van der Waals surface area contributed by atoms with Gasteiger partial charge in [-0.05, 0) is 38.0 Å². The van der Waals surface area contributed by atoms with Crippen molar-refractivity contribution >= 4 is 11.6 Å². The standard InChI is InChI=1S/C16H28N4/c1-5-9-17-14-11-15(19-13(4)18-14)20-10-8-16(6-2,7-3)12-20/h11H,5-10,12H2,1-4H3,(H,17,18,19). The highest BCUT2D eigenvalue weighted by molar-refractivity contribution is 5.50. The summed E-state index contributed by atoms with van der Waals surface area (Å²) in [6.07, 6.45) is 4.90. The molecule has 1 aromatic rings. The number of aryl methyl sites for hydroxylation is 1. The van der Waals surface area contributed by atoms with Crippen LogP contribution in [0, 0.1) is 12.3 Å². The largest absolute Gasteiger partial charge is 0.370 e. The summed E-state index contributed by atoms with van der Waals surface area (Å²) in [5.74, 6) is 2.89. The molecule has 4 nitrogen and oxygen atoms in total. The summed E-state index contributed by atoms with van der Waals surface area (Å²) >= 11 is 0. The molecule has 20 heavy (non-hydrogen) atoms. The summed E-state index contributed by atoms with van der Waals surface area (Å²) in [7, 11) is 0. The Labute approximate surface area is 123 Å². The maximum atomic E-state index is 4.63. The first-order valence-corrected chi connectivity index (χ1v) is 7.97. The number of hydrogen-bond acceptors (Lipinski definition) is 4. The Kier molecular flexibility index (Phi) is 4.84. The molecule has 0 bridgehead atoms. The number of hydrogen-bond donors (Lipinski definition) is 1. The van der Waals surface area contributed by atoms with E-state index in [0.29, 0.717) is 5.41 Å². The molecule has 0 amide bonds. The van der Waals surface area contributed by atoms with Crippen LogP contribution in [-0.2, 0) is 0 Å². The van der Waals surface area contributed by atoms with Crippen molar-refractivity contribution in [3.63, 3.8) is 0 Å². The molecule has 2 heterocycles. The van der Waals surface area contributed by atoms with Crippen LogP contribution in [0.5, 0.6) is 0 Å². The van der Waals surface area contributed by atoms with Crippen molar-refractivity contribution in [1.29, 1.82) is 0 Å². The smallest absolute Gasteiger partial charge is 0.134 e. The second-order valence-electron chi connectivity index (χ2n) is 5.96. The average Bonchev–Trinajstić information content (AvgIpc) is 2.90. The first-order chi connectivity index (χ1) is 9.62. The molecule has 0 aliphatic carbocycles.